The first-order valence-electron chi connectivity index (χ1n) is 6.35. The Morgan fingerprint density at radius 1 is 1.06 bits per heavy atom. The predicted octanol–water partition coefficient (Wildman–Crippen LogP) is 2.89. The van der Waals surface area contributed by atoms with Crippen molar-refractivity contribution in [2.45, 2.75) is 59.4 Å². The van der Waals surface area contributed by atoms with Crippen LogP contribution >= 0.6 is 0 Å². The monoisotopic (exact) mass is 229 g/mol. The van der Waals surface area contributed by atoms with Crippen LogP contribution in [0, 0.1) is 17.8 Å². The Labute approximate surface area is 99.4 Å². The molecule has 0 unspecified atom stereocenters. The van der Waals surface area contributed by atoms with Gasteiger partial charge in [0.25, 0.3) is 0 Å². The van der Waals surface area contributed by atoms with Crippen LogP contribution in [-0.2, 0) is 4.79 Å². The number of carbonyl (C=O) groups is 1. The van der Waals surface area contributed by atoms with Gasteiger partial charge in [-0.25, -0.2) is 0 Å². The molecular weight excluding hydrogens is 202 g/mol. The summed E-state index contributed by atoms with van der Waals surface area (Å²) in [5, 5.41) is 8.72. The molecule has 0 aliphatic rings. The zero-order valence-corrected chi connectivity index (χ0v) is 11.1. The van der Waals surface area contributed by atoms with Crippen molar-refractivity contribution in [1.82, 2.24) is 0 Å². The van der Waals surface area contributed by atoms with E-state index in [4.69, 9.17) is 10.8 Å². The van der Waals surface area contributed by atoms with Crippen LogP contribution in [0.3, 0.4) is 0 Å². The molecule has 0 aliphatic heterocycles. The van der Waals surface area contributed by atoms with Crippen LogP contribution in [-0.4, -0.2) is 17.1 Å². The average molecular weight is 229 g/mol. The minimum atomic E-state index is -0.888. The van der Waals surface area contributed by atoms with Crippen molar-refractivity contribution in [3.63, 3.8) is 0 Å². The molecule has 0 saturated carbocycles. The lowest BCUT2D eigenvalue weighted by atomic mass is 9.86. The van der Waals surface area contributed by atoms with Crippen molar-refractivity contribution in [2.75, 3.05) is 0 Å². The first-order valence-corrected chi connectivity index (χ1v) is 6.35. The third-order valence-corrected chi connectivity index (χ3v) is 3.28. The summed E-state index contributed by atoms with van der Waals surface area (Å²) < 4.78 is 0. The standard InChI is InChI=1S/C13H27NO2/c1-5-9(2)6-10(3)7-11(4)8-12(14)13(15)16/h9-12H,5-8,14H2,1-4H3,(H,15,16)/t9-,10-,11-,12-/m0/s1. The van der Waals surface area contributed by atoms with Crippen molar-refractivity contribution in [3.05, 3.63) is 0 Å². The molecular formula is C13H27NO2. The zero-order valence-electron chi connectivity index (χ0n) is 11.1. The Morgan fingerprint density at radius 3 is 1.94 bits per heavy atom. The van der Waals surface area contributed by atoms with E-state index in [2.05, 4.69) is 27.7 Å². The molecule has 3 nitrogen and oxygen atoms in total. The Bertz CT molecular complexity index is 206. The van der Waals surface area contributed by atoms with Gasteiger partial charge in [0, 0.05) is 0 Å². The number of carboxylic acids is 1. The SMILES string of the molecule is CC[C@H](C)C[C@H](C)C[C@H](C)C[C@H](N)C(=O)O. The van der Waals surface area contributed by atoms with Crippen LogP contribution in [0.1, 0.15) is 53.4 Å². The molecule has 0 fully saturated rings. The summed E-state index contributed by atoms with van der Waals surface area (Å²) in [6, 6.07) is -0.703. The van der Waals surface area contributed by atoms with Crippen LogP contribution in [0.5, 0.6) is 0 Å². The lowest BCUT2D eigenvalue weighted by Gasteiger charge is -2.21. The third-order valence-electron chi connectivity index (χ3n) is 3.28. The Balaban J connectivity index is 3.86. The molecule has 16 heavy (non-hydrogen) atoms. The molecule has 3 heteroatoms. The highest BCUT2D eigenvalue weighted by molar-refractivity contribution is 5.72. The molecule has 0 aromatic rings. The first kappa shape index (κ1) is 15.4. The normalized spacial score (nSPS) is 18.8. The summed E-state index contributed by atoms with van der Waals surface area (Å²) in [6.45, 7) is 8.82. The summed E-state index contributed by atoms with van der Waals surface area (Å²) in [5.41, 5.74) is 5.52. The number of hydrogen-bond acceptors (Lipinski definition) is 2. The molecule has 3 N–H and O–H groups in total. The molecule has 0 heterocycles. The number of rotatable bonds is 8. The van der Waals surface area contributed by atoms with Gasteiger partial charge in [-0.1, -0.05) is 34.1 Å². The van der Waals surface area contributed by atoms with Gasteiger partial charge in [0.1, 0.15) is 6.04 Å². The second-order valence-electron chi connectivity index (χ2n) is 5.38. The Hall–Kier alpha value is -0.570. The molecule has 0 radical (unpaired) electrons. The van der Waals surface area contributed by atoms with E-state index in [9.17, 15) is 4.79 Å². The largest absolute Gasteiger partial charge is 0.480 e. The molecule has 0 aromatic heterocycles. The molecule has 0 saturated heterocycles. The zero-order chi connectivity index (χ0) is 12.7. The number of carboxylic acid groups (broad SMARTS) is 1. The van der Waals surface area contributed by atoms with Crippen LogP contribution in [0.25, 0.3) is 0 Å². The minimum Gasteiger partial charge on any atom is -0.480 e. The smallest absolute Gasteiger partial charge is 0.320 e. The van der Waals surface area contributed by atoms with Crippen LogP contribution in [0.15, 0.2) is 0 Å². The third kappa shape index (κ3) is 6.83. The lowest BCUT2D eigenvalue weighted by Crippen LogP contribution is -2.32. The van der Waals surface area contributed by atoms with Crippen molar-refractivity contribution >= 4 is 5.97 Å². The molecule has 0 rings (SSSR count). The first-order chi connectivity index (χ1) is 7.36. The second kappa shape index (κ2) is 7.66. The van der Waals surface area contributed by atoms with Gasteiger partial charge in [-0.15, -0.1) is 0 Å². The van der Waals surface area contributed by atoms with E-state index in [1.807, 2.05) is 0 Å². The van der Waals surface area contributed by atoms with Crippen molar-refractivity contribution in [2.24, 2.45) is 23.5 Å². The molecule has 96 valence electrons. The van der Waals surface area contributed by atoms with Crippen molar-refractivity contribution < 1.29 is 9.90 Å². The fraction of sp³-hybridized carbons (Fsp3) is 0.923. The van der Waals surface area contributed by atoms with Crippen molar-refractivity contribution in [3.8, 4) is 0 Å². The second-order valence-corrected chi connectivity index (χ2v) is 5.38. The van der Waals surface area contributed by atoms with E-state index in [1.54, 1.807) is 0 Å². The van der Waals surface area contributed by atoms with E-state index in [0.717, 1.165) is 12.3 Å². The topological polar surface area (TPSA) is 63.3 Å². The van der Waals surface area contributed by atoms with E-state index in [0.29, 0.717) is 18.3 Å². The highest BCUT2D eigenvalue weighted by Gasteiger charge is 2.18. The highest BCUT2D eigenvalue weighted by atomic mass is 16.4. The average Bonchev–Trinajstić information content (AvgIpc) is 2.16. The van der Waals surface area contributed by atoms with Crippen LogP contribution in [0.4, 0.5) is 0 Å². The fourth-order valence-corrected chi connectivity index (χ4v) is 2.27. The van der Waals surface area contributed by atoms with E-state index in [-0.39, 0.29) is 0 Å². The van der Waals surface area contributed by atoms with Gasteiger partial charge in [-0.2, -0.15) is 0 Å². The lowest BCUT2D eigenvalue weighted by molar-refractivity contribution is -0.138. The maximum absolute atomic E-state index is 10.6. The summed E-state index contributed by atoms with van der Waals surface area (Å²) in [6.07, 6.45) is 4.10. The molecule has 0 aromatic carbocycles. The molecule has 0 bridgehead atoms. The van der Waals surface area contributed by atoms with E-state index in [1.165, 1.54) is 12.8 Å². The van der Waals surface area contributed by atoms with Crippen molar-refractivity contribution in [1.29, 1.82) is 0 Å². The molecule has 0 amide bonds. The minimum absolute atomic E-state index is 0.394. The number of aliphatic carboxylic acids is 1. The number of nitrogens with two attached hydrogens (primary N) is 1. The Morgan fingerprint density at radius 2 is 1.50 bits per heavy atom. The van der Waals surface area contributed by atoms with Gasteiger partial charge in [-0.05, 0) is 37.0 Å². The fourth-order valence-electron chi connectivity index (χ4n) is 2.27. The summed E-state index contributed by atoms with van der Waals surface area (Å²) in [4.78, 5) is 10.6. The van der Waals surface area contributed by atoms with Crippen LogP contribution in [0.2, 0.25) is 0 Å². The van der Waals surface area contributed by atoms with Gasteiger partial charge in [-0.3, -0.25) is 4.79 Å². The molecule has 4 atom stereocenters. The quantitative estimate of drug-likeness (QED) is 0.672. The van der Waals surface area contributed by atoms with Gasteiger partial charge >= 0.3 is 5.97 Å². The van der Waals surface area contributed by atoms with Gasteiger partial charge in [0.15, 0.2) is 0 Å². The summed E-state index contributed by atoms with van der Waals surface area (Å²) >= 11 is 0. The predicted molar refractivity (Wildman–Crippen MR) is 67.2 cm³/mol. The maximum atomic E-state index is 10.6. The molecule has 0 aliphatic carbocycles. The van der Waals surface area contributed by atoms with Gasteiger partial charge in [0.2, 0.25) is 0 Å². The highest BCUT2D eigenvalue weighted by Crippen LogP contribution is 2.23. The van der Waals surface area contributed by atoms with Gasteiger partial charge in [0.05, 0.1) is 0 Å². The van der Waals surface area contributed by atoms with E-state index >= 15 is 0 Å². The van der Waals surface area contributed by atoms with Crippen LogP contribution < -0.4 is 5.73 Å². The van der Waals surface area contributed by atoms with E-state index < -0.39 is 12.0 Å². The molecule has 0 spiro atoms. The van der Waals surface area contributed by atoms with Gasteiger partial charge < -0.3 is 10.8 Å². The maximum Gasteiger partial charge on any atom is 0.320 e. The summed E-state index contributed by atoms with van der Waals surface area (Å²) in [7, 11) is 0. The summed E-state index contributed by atoms with van der Waals surface area (Å²) in [5.74, 6) is 0.924. The number of hydrogen-bond donors (Lipinski definition) is 2. The Kier molecular flexibility index (Phi) is 7.39.